The van der Waals surface area contributed by atoms with Gasteiger partial charge < -0.3 is 4.74 Å². The number of carbonyl (C=O) groups excluding carboxylic acids is 1. The molecular weight excluding hydrogens is 216 g/mol. The topological polar surface area (TPSA) is 52.1 Å². The summed E-state index contributed by atoms with van der Waals surface area (Å²) >= 11 is 5.85. The Labute approximate surface area is 92.6 Å². The van der Waals surface area contributed by atoms with Crippen LogP contribution in [0.2, 0.25) is 5.15 Å². The van der Waals surface area contributed by atoms with E-state index in [1.54, 1.807) is 6.07 Å². The molecule has 4 nitrogen and oxygen atoms in total. The van der Waals surface area contributed by atoms with Gasteiger partial charge in [-0.3, -0.25) is 4.79 Å². The van der Waals surface area contributed by atoms with Crippen LogP contribution in [0.3, 0.4) is 0 Å². The van der Waals surface area contributed by atoms with E-state index in [2.05, 4.69) is 14.7 Å². The van der Waals surface area contributed by atoms with Crippen LogP contribution in [0.5, 0.6) is 0 Å². The van der Waals surface area contributed by atoms with Crippen molar-refractivity contribution in [3.05, 3.63) is 22.7 Å². The Morgan fingerprint density at radius 2 is 2.33 bits per heavy atom. The van der Waals surface area contributed by atoms with E-state index >= 15 is 0 Å². The lowest BCUT2D eigenvalue weighted by molar-refractivity contribution is -0.139. The Kier molecular flexibility index (Phi) is 2.86. The standard InChI is InChI=1S/C10H11ClN2O2/c1-15-9(14)5-7-4-8(11)13-10(12-7)6-2-3-6/h4,6H,2-3,5H2,1H3. The Morgan fingerprint density at radius 3 is 2.93 bits per heavy atom. The molecule has 1 fully saturated rings. The number of carbonyl (C=O) groups is 1. The van der Waals surface area contributed by atoms with Gasteiger partial charge in [0.25, 0.3) is 0 Å². The number of hydrogen-bond donors (Lipinski definition) is 0. The van der Waals surface area contributed by atoms with Gasteiger partial charge in [0.2, 0.25) is 0 Å². The van der Waals surface area contributed by atoms with E-state index in [1.807, 2.05) is 0 Å². The van der Waals surface area contributed by atoms with Crippen molar-refractivity contribution < 1.29 is 9.53 Å². The number of aromatic nitrogens is 2. The van der Waals surface area contributed by atoms with Gasteiger partial charge in [-0.1, -0.05) is 11.6 Å². The molecule has 0 amide bonds. The highest BCUT2D eigenvalue weighted by Gasteiger charge is 2.27. The first-order chi connectivity index (χ1) is 7.19. The normalized spacial score (nSPS) is 15.1. The van der Waals surface area contributed by atoms with Crippen LogP contribution in [0, 0.1) is 0 Å². The van der Waals surface area contributed by atoms with Crippen LogP contribution in [0.4, 0.5) is 0 Å². The molecule has 1 aromatic heterocycles. The van der Waals surface area contributed by atoms with Gasteiger partial charge in [-0.05, 0) is 18.9 Å². The number of rotatable bonds is 3. The van der Waals surface area contributed by atoms with E-state index in [4.69, 9.17) is 11.6 Å². The van der Waals surface area contributed by atoms with Crippen molar-refractivity contribution in [2.24, 2.45) is 0 Å². The molecule has 2 rings (SSSR count). The van der Waals surface area contributed by atoms with Crippen LogP contribution in [0.15, 0.2) is 6.07 Å². The minimum Gasteiger partial charge on any atom is -0.469 e. The Morgan fingerprint density at radius 1 is 1.60 bits per heavy atom. The summed E-state index contributed by atoms with van der Waals surface area (Å²) in [5.41, 5.74) is 0.628. The number of halogens is 1. The molecule has 0 aromatic carbocycles. The molecule has 15 heavy (non-hydrogen) atoms. The summed E-state index contributed by atoms with van der Waals surface area (Å²) in [5.74, 6) is 0.869. The van der Waals surface area contributed by atoms with Crippen LogP contribution >= 0.6 is 11.6 Å². The summed E-state index contributed by atoms with van der Waals surface area (Å²) in [6.45, 7) is 0. The first-order valence-electron chi connectivity index (χ1n) is 4.79. The predicted octanol–water partition coefficient (Wildman–Crippen LogP) is 1.72. The van der Waals surface area contributed by atoms with Crippen molar-refractivity contribution in [2.75, 3.05) is 7.11 Å². The zero-order valence-corrected chi connectivity index (χ0v) is 9.12. The number of esters is 1. The highest BCUT2D eigenvalue weighted by Crippen LogP contribution is 2.38. The summed E-state index contributed by atoms with van der Waals surface area (Å²) in [7, 11) is 1.35. The molecular formula is C10H11ClN2O2. The molecule has 0 saturated heterocycles. The second-order valence-electron chi connectivity index (χ2n) is 3.57. The molecule has 0 N–H and O–H groups in total. The fourth-order valence-electron chi connectivity index (χ4n) is 1.32. The van der Waals surface area contributed by atoms with Crippen molar-refractivity contribution >= 4 is 17.6 Å². The van der Waals surface area contributed by atoms with Crippen LogP contribution in [-0.4, -0.2) is 23.0 Å². The number of hydrogen-bond acceptors (Lipinski definition) is 4. The second-order valence-corrected chi connectivity index (χ2v) is 3.95. The quantitative estimate of drug-likeness (QED) is 0.582. The summed E-state index contributed by atoms with van der Waals surface area (Å²) in [6, 6.07) is 1.60. The van der Waals surface area contributed by atoms with Crippen molar-refractivity contribution in [2.45, 2.75) is 25.2 Å². The molecule has 1 saturated carbocycles. The fraction of sp³-hybridized carbons (Fsp3) is 0.500. The largest absolute Gasteiger partial charge is 0.469 e. The molecule has 0 bridgehead atoms. The van der Waals surface area contributed by atoms with E-state index in [1.165, 1.54) is 7.11 Å². The third-order valence-electron chi connectivity index (χ3n) is 2.26. The van der Waals surface area contributed by atoms with Gasteiger partial charge in [-0.25, -0.2) is 9.97 Å². The molecule has 5 heteroatoms. The van der Waals surface area contributed by atoms with E-state index < -0.39 is 0 Å². The number of nitrogens with zero attached hydrogens (tertiary/aromatic N) is 2. The van der Waals surface area contributed by atoms with E-state index in [0.29, 0.717) is 16.8 Å². The SMILES string of the molecule is COC(=O)Cc1cc(Cl)nc(C2CC2)n1. The smallest absolute Gasteiger partial charge is 0.311 e. The van der Waals surface area contributed by atoms with Crippen LogP contribution < -0.4 is 0 Å². The first-order valence-corrected chi connectivity index (χ1v) is 5.17. The molecule has 80 valence electrons. The van der Waals surface area contributed by atoms with Crippen molar-refractivity contribution in [3.63, 3.8) is 0 Å². The van der Waals surface area contributed by atoms with Gasteiger partial charge in [0.1, 0.15) is 11.0 Å². The first kappa shape index (κ1) is 10.4. The van der Waals surface area contributed by atoms with Crippen LogP contribution in [0.1, 0.15) is 30.3 Å². The molecule has 0 spiro atoms. The summed E-state index contributed by atoms with van der Waals surface area (Å²) in [6.07, 6.45) is 2.37. The van der Waals surface area contributed by atoms with Gasteiger partial charge in [0.15, 0.2) is 0 Å². The summed E-state index contributed by atoms with van der Waals surface area (Å²) < 4.78 is 4.57. The third-order valence-corrected chi connectivity index (χ3v) is 2.45. The minimum absolute atomic E-state index is 0.151. The van der Waals surface area contributed by atoms with E-state index in [-0.39, 0.29) is 12.4 Å². The average molecular weight is 227 g/mol. The lowest BCUT2D eigenvalue weighted by Crippen LogP contribution is -2.08. The van der Waals surface area contributed by atoms with Gasteiger partial charge in [-0.2, -0.15) is 0 Å². The van der Waals surface area contributed by atoms with Crippen molar-refractivity contribution in [3.8, 4) is 0 Å². The van der Waals surface area contributed by atoms with E-state index in [0.717, 1.165) is 18.7 Å². The Balaban J connectivity index is 2.19. The van der Waals surface area contributed by atoms with Gasteiger partial charge in [0.05, 0.1) is 19.2 Å². The molecule has 1 aliphatic rings. The highest BCUT2D eigenvalue weighted by atomic mass is 35.5. The van der Waals surface area contributed by atoms with Gasteiger partial charge in [0, 0.05) is 5.92 Å². The van der Waals surface area contributed by atoms with Crippen molar-refractivity contribution in [1.29, 1.82) is 0 Å². The van der Waals surface area contributed by atoms with Crippen LogP contribution in [0.25, 0.3) is 0 Å². The molecule has 0 aliphatic heterocycles. The van der Waals surface area contributed by atoms with Gasteiger partial charge in [-0.15, -0.1) is 0 Å². The maximum Gasteiger partial charge on any atom is 0.311 e. The summed E-state index contributed by atoms with van der Waals surface area (Å²) in [4.78, 5) is 19.5. The van der Waals surface area contributed by atoms with Crippen LogP contribution in [-0.2, 0) is 16.0 Å². The zero-order valence-electron chi connectivity index (χ0n) is 8.36. The maximum absolute atomic E-state index is 11.1. The number of methoxy groups -OCH3 is 1. The average Bonchev–Trinajstić information content (AvgIpc) is 2.99. The molecule has 0 unspecified atom stereocenters. The lowest BCUT2D eigenvalue weighted by Gasteiger charge is -2.03. The zero-order chi connectivity index (χ0) is 10.8. The molecule has 1 heterocycles. The van der Waals surface area contributed by atoms with Crippen molar-refractivity contribution in [1.82, 2.24) is 9.97 Å². The number of ether oxygens (including phenoxy) is 1. The molecule has 1 aromatic rings. The van der Waals surface area contributed by atoms with E-state index in [9.17, 15) is 4.79 Å². The monoisotopic (exact) mass is 226 g/mol. The minimum atomic E-state index is -0.313. The predicted molar refractivity (Wildman–Crippen MR) is 54.7 cm³/mol. The maximum atomic E-state index is 11.1. The van der Waals surface area contributed by atoms with Gasteiger partial charge >= 0.3 is 5.97 Å². The Hall–Kier alpha value is -1.16. The molecule has 0 atom stereocenters. The molecule has 1 aliphatic carbocycles. The molecule has 0 radical (unpaired) electrons. The highest BCUT2D eigenvalue weighted by molar-refractivity contribution is 6.29. The summed E-state index contributed by atoms with van der Waals surface area (Å²) in [5, 5.41) is 0.394. The third kappa shape index (κ3) is 2.65. The second kappa shape index (κ2) is 4.14. The Bertz CT molecular complexity index is 391. The fourth-order valence-corrected chi connectivity index (χ4v) is 1.53. The lowest BCUT2D eigenvalue weighted by atomic mass is 10.3.